The smallest absolute Gasteiger partial charge is 0.433 e. The standard InChI is InChI=1S/C27H27F3N4O4/c1-14(31)24-22(26(36)34(3)15(2)23(35)16-8-6-5-7-9-16)33-25(38-24)18-10-12-19(37-4)21-17(18)11-13-20(32-21)27(28,29)30/h5-15,23,35H,31H2,1-4H3. The number of likely N-dealkylation sites (N-methyl/N-ethyl adjacent to an activating group) is 1. The number of carbonyl (C=O) groups is 1. The first-order valence-corrected chi connectivity index (χ1v) is 11.8. The van der Waals surface area contributed by atoms with Crippen LogP contribution in [0.4, 0.5) is 13.2 Å². The topological polar surface area (TPSA) is 115 Å². The Balaban J connectivity index is 1.76. The lowest BCUT2D eigenvalue weighted by Crippen LogP contribution is -2.39. The van der Waals surface area contributed by atoms with Gasteiger partial charge in [0.1, 0.15) is 17.0 Å². The van der Waals surface area contributed by atoms with Gasteiger partial charge in [-0.15, -0.1) is 0 Å². The molecule has 4 rings (SSSR count). The van der Waals surface area contributed by atoms with Gasteiger partial charge in [-0.2, -0.15) is 13.2 Å². The average Bonchev–Trinajstić information content (AvgIpc) is 3.36. The summed E-state index contributed by atoms with van der Waals surface area (Å²) in [6.45, 7) is 3.32. The number of oxazole rings is 1. The highest BCUT2D eigenvalue weighted by molar-refractivity contribution is 5.98. The van der Waals surface area contributed by atoms with Gasteiger partial charge in [-0.1, -0.05) is 30.3 Å². The Kier molecular flexibility index (Phi) is 7.43. The Morgan fingerprint density at radius 2 is 1.76 bits per heavy atom. The number of aliphatic hydroxyl groups is 1. The van der Waals surface area contributed by atoms with Crippen LogP contribution in [0.15, 0.2) is 59.0 Å². The van der Waals surface area contributed by atoms with E-state index >= 15 is 0 Å². The van der Waals surface area contributed by atoms with E-state index in [1.165, 1.54) is 31.2 Å². The van der Waals surface area contributed by atoms with Crippen molar-refractivity contribution >= 4 is 16.8 Å². The number of pyridine rings is 1. The number of aliphatic hydroxyl groups excluding tert-OH is 1. The number of hydrogen-bond donors (Lipinski definition) is 2. The second-order valence-corrected chi connectivity index (χ2v) is 8.94. The van der Waals surface area contributed by atoms with Gasteiger partial charge in [0, 0.05) is 18.0 Å². The van der Waals surface area contributed by atoms with Crippen LogP contribution >= 0.6 is 0 Å². The number of methoxy groups -OCH3 is 1. The van der Waals surface area contributed by atoms with Crippen LogP contribution in [0.1, 0.15) is 53.5 Å². The number of halogens is 3. The Labute approximate surface area is 216 Å². The van der Waals surface area contributed by atoms with Crippen molar-refractivity contribution in [2.45, 2.75) is 38.2 Å². The molecule has 0 saturated carbocycles. The molecule has 3 unspecified atom stereocenters. The molecule has 2 aromatic carbocycles. The summed E-state index contributed by atoms with van der Waals surface area (Å²) in [6.07, 6.45) is -5.61. The van der Waals surface area contributed by atoms with Crippen molar-refractivity contribution in [1.29, 1.82) is 0 Å². The summed E-state index contributed by atoms with van der Waals surface area (Å²) in [5.41, 5.74) is 5.86. The van der Waals surface area contributed by atoms with Crippen LogP contribution in [0.2, 0.25) is 0 Å². The summed E-state index contributed by atoms with van der Waals surface area (Å²) in [5.74, 6) is -0.319. The molecule has 0 aliphatic carbocycles. The van der Waals surface area contributed by atoms with E-state index in [1.54, 1.807) is 44.2 Å². The van der Waals surface area contributed by atoms with Crippen molar-refractivity contribution in [3.63, 3.8) is 0 Å². The fraction of sp³-hybridized carbons (Fsp3) is 0.296. The van der Waals surface area contributed by atoms with Crippen molar-refractivity contribution in [1.82, 2.24) is 14.9 Å². The van der Waals surface area contributed by atoms with Gasteiger partial charge in [0.2, 0.25) is 5.89 Å². The van der Waals surface area contributed by atoms with E-state index in [2.05, 4.69) is 9.97 Å². The predicted molar refractivity (Wildman–Crippen MR) is 134 cm³/mol. The number of nitrogens with zero attached hydrogens (tertiary/aromatic N) is 3. The van der Waals surface area contributed by atoms with Crippen molar-refractivity contribution in [3.05, 3.63) is 77.3 Å². The molecular formula is C27H27F3N4O4. The number of ether oxygens (including phenoxy) is 1. The molecule has 4 aromatic rings. The van der Waals surface area contributed by atoms with Crippen LogP contribution in [-0.4, -0.2) is 46.1 Å². The Bertz CT molecular complexity index is 1450. The van der Waals surface area contributed by atoms with E-state index in [9.17, 15) is 23.1 Å². The Morgan fingerprint density at radius 3 is 2.37 bits per heavy atom. The third-order valence-corrected chi connectivity index (χ3v) is 6.36. The minimum absolute atomic E-state index is 0.0143. The minimum atomic E-state index is -4.65. The van der Waals surface area contributed by atoms with Gasteiger partial charge in [0.25, 0.3) is 5.91 Å². The molecule has 200 valence electrons. The minimum Gasteiger partial charge on any atom is -0.494 e. The van der Waals surface area contributed by atoms with E-state index in [0.717, 1.165) is 6.07 Å². The van der Waals surface area contributed by atoms with Crippen LogP contribution in [0.5, 0.6) is 5.75 Å². The summed E-state index contributed by atoms with van der Waals surface area (Å²) in [7, 11) is 2.86. The van der Waals surface area contributed by atoms with Gasteiger partial charge in [-0.3, -0.25) is 4.79 Å². The van der Waals surface area contributed by atoms with Crippen molar-refractivity contribution in [2.24, 2.45) is 5.73 Å². The fourth-order valence-electron chi connectivity index (χ4n) is 4.10. The quantitative estimate of drug-likeness (QED) is 0.342. The molecule has 11 heteroatoms. The third-order valence-electron chi connectivity index (χ3n) is 6.36. The summed E-state index contributed by atoms with van der Waals surface area (Å²) in [5, 5.41) is 11.1. The lowest BCUT2D eigenvalue weighted by molar-refractivity contribution is -0.140. The molecule has 0 saturated heterocycles. The van der Waals surface area contributed by atoms with Gasteiger partial charge in [-0.05, 0) is 43.7 Å². The highest BCUT2D eigenvalue weighted by Crippen LogP contribution is 2.37. The van der Waals surface area contributed by atoms with Crippen molar-refractivity contribution < 1.29 is 32.2 Å². The maximum Gasteiger partial charge on any atom is 0.433 e. The van der Waals surface area contributed by atoms with E-state index in [0.29, 0.717) is 11.1 Å². The highest BCUT2D eigenvalue weighted by Gasteiger charge is 2.34. The zero-order valence-corrected chi connectivity index (χ0v) is 21.2. The molecule has 0 fully saturated rings. The summed E-state index contributed by atoms with van der Waals surface area (Å²) in [6, 6.07) is 12.7. The van der Waals surface area contributed by atoms with E-state index < -0.39 is 36.0 Å². The Morgan fingerprint density at radius 1 is 1.08 bits per heavy atom. The average molecular weight is 529 g/mol. The largest absolute Gasteiger partial charge is 0.494 e. The first-order chi connectivity index (χ1) is 17.9. The zero-order chi connectivity index (χ0) is 27.8. The lowest BCUT2D eigenvalue weighted by Gasteiger charge is -2.29. The highest BCUT2D eigenvalue weighted by atomic mass is 19.4. The van der Waals surface area contributed by atoms with Gasteiger partial charge in [-0.25, -0.2) is 9.97 Å². The first-order valence-electron chi connectivity index (χ1n) is 11.8. The van der Waals surface area contributed by atoms with Crippen LogP contribution in [0, 0.1) is 0 Å². The normalized spacial score (nSPS) is 14.2. The molecule has 0 aliphatic heterocycles. The number of fused-ring (bicyclic) bond motifs is 1. The lowest BCUT2D eigenvalue weighted by atomic mass is 10.0. The third kappa shape index (κ3) is 5.07. The number of nitrogens with two attached hydrogens (primary N) is 1. The maximum absolute atomic E-state index is 13.5. The van der Waals surface area contributed by atoms with E-state index in [-0.39, 0.29) is 34.0 Å². The second kappa shape index (κ2) is 10.4. The molecule has 8 nitrogen and oxygen atoms in total. The molecule has 2 aromatic heterocycles. The van der Waals surface area contributed by atoms with Crippen LogP contribution in [0.3, 0.4) is 0 Å². The maximum atomic E-state index is 13.5. The molecule has 3 atom stereocenters. The molecule has 3 N–H and O–H groups in total. The molecule has 0 aliphatic rings. The SMILES string of the molecule is COc1ccc(-c2nc(C(=O)N(C)C(C)C(O)c3ccccc3)c(C(C)N)o2)c2ccc(C(F)(F)F)nc12. The molecule has 38 heavy (non-hydrogen) atoms. The monoisotopic (exact) mass is 528 g/mol. The van der Waals surface area contributed by atoms with Crippen LogP contribution in [-0.2, 0) is 6.18 Å². The molecule has 0 bridgehead atoms. The number of benzene rings is 2. The van der Waals surface area contributed by atoms with Crippen molar-refractivity contribution in [3.8, 4) is 17.2 Å². The predicted octanol–water partition coefficient (Wildman–Crippen LogP) is 5.13. The van der Waals surface area contributed by atoms with Crippen LogP contribution in [0.25, 0.3) is 22.4 Å². The molecule has 1 amide bonds. The number of carbonyl (C=O) groups excluding carboxylic acids is 1. The van der Waals surface area contributed by atoms with Crippen molar-refractivity contribution in [2.75, 3.05) is 14.2 Å². The summed E-state index contributed by atoms with van der Waals surface area (Å²) in [4.78, 5) is 23.0. The Hall–Kier alpha value is -3.96. The van der Waals surface area contributed by atoms with Gasteiger partial charge >= 0.3 is 6.18 Å². The number of hydrogen-bond acceptors (Lipinski definition) is 7. The van der Waals surface area contributed by atoms with E-state index in [4.69, 9.17) is 14.9 Å². The number of amides is 1. The number of rotatable bonds is 7. The number of aromatic nitrogens is 2. The van der Waals surface area contributed by atoms with Gasteiger partial charge in [0.05, 0.1) is 25.3 Å². The summed E-state index contributed by atoms with van der Waals surface area (Å²) >= 11 is 0. The summed E-state index contributed by atoms with van der Waals surface area (Å²) < 4.78 is 51.0. The van der Waals surface area contributed by atoms with Crippen LogP contribution < -0.4 is 10.5 Å². The molecule has 2 heterocycles. The fourth-order valence-corrected chi connectivity index (χ4v) is 4.10. The number of alkyl halides is 3. The molecule has 0 radical (unpaired) electrons. The molecular weight excluding hydrogens is 501 g/mol. The van der Waals surface area contributed by atoms with E-state index in [1.807, 2.05) is 6.07 Å². The van der Waals surface area contributed by atoms with Gasteiger partial charge < -0.3 is 24.9 Å². The second-order valence-electron chi connectivity index (χ2n) is 8.94. The first kappa shape index (κ1) is 27.1. The van der Waals surface area contributed by atoms with Gasteiger partial charge in [0.15, 0.2) is 11.5 Å². The zero-order valence-electron chi connectivity index (χ0n) is 21.2. The molecule has 0 spiro atoms.